The smallest absolute Gasteiger partial charge is 0.419 e. The lowest BCUT2D eigenvalue weighted by Crippen LogP contribution is -2.11. The van der Waals surface area contributed by atoms with E-state index in [0.717, 1.165) is 72.6 Å². The predicted molar refractivity (Wildman–Crippen MR) is 256 cm³/mol. The number of nitrogens with zero attached hydrogens (tertiary/aromatic N) is 3. The molecule has 0 unspecified atom stereocenters. The Morgan fingerprint density at radius 2 is 1.09 bits per heavy atom. The Labute approximate surface area is 388 Å². The second-order valence-electron chi connectivity index (χ2n) is 16.5. The van der Waals surface area contributed by atoms with E-state index in [1.807, 2.05) is 76.1 Å². The van der Waals surface area contributed by atoms with E-state index < -0.39 is 11.7 Å². The third-order valence-corrected chi connectivity index (χ3v) is 12.0. The molecule has 0 bridgehead atoms. The SMILES string of the molecule is C=C1Oc2c(C)cc(/C(=C/CCCC(=O)OC)c3cc(C)c4oc(=O)n(C)c4c3)cc2N1C.COC(=O)CCC/C=C(\c1cc(C)c(CO)c(C(=O)OC)c1)c1cc(C)c2oc(=O)n(C)c2c1. The van der Waals surface area contributed by atoms with Crippen molar-refractivity contribution < 1.29 is 47.3 Å². The first-order chi connectivity index (χ1) is 31.9. The number of rotatable bonds is 14. The molecule has 0 aliphatic carbocycles. The van der Waals surface area contributed by atoms with Crippen LogP contribution in [-0.2, 0) is 44.5 Å². The van der Waals surface area contributed by atoms with Crippen molar-refractivity contribution in [2.24, 2.45) is 14.1 Å². The van der Waals surface area contributed by atoms with E-state index in [0.29, 0.717) is 60.2 Å². The van der Waals surface area contributed by atoms with Gasteiger partial charge in [0.25, 0.3) is 0 Å². The molecule has 0 amide bonds. The van der Waals surface area contributed by atoms with Gasteiger partial charge in [0.15, 0.2) is 22.8 Å². The van der Waals surface area contributed by atoms with E-state index in [1.54, 1.807) is 20.2 Å². The van der Waals surface area contributed by atoms with Gasteiger partial charge in [-0.25, -0.2) is 14.4 Å². The van der Waals surface area contributed by atoms with Gasteiger partial charge in [-0.2, -0.15) is 0 Å². The number of ether oxygens (including phenoxy) is 4. The highest BCUT2D eigenvalue weighted by Gasteiger charge is 2.26. The quantitative estimate of drug-likeness (QED) is 0.0624. The first-order valence-electron chi connectivity index (χ1n) is 21.8. The number of anilines is 1. The summed E-state index contributed by atoms with van der Waals surface area (Å²) < 4.78 is 34.0. The summed E-state index contributed by atoms with van der Waals surface area (Å²) in [7, 11) is 9.33. The zero-order valence-electron chi connectivity index (χ0n) is 39.7. The van der Waals surface area contributed by atoms with Crippen molar-refractivity contribution in [2.45, 2.75) is 72.8 Å². The third-order valence-electron chi connectivity index (χ3n) is 12.0. The van der Waals surface area contributed by atoms with Crippen molar-refractivity contribution in [3.63, 3.8) is 0 Å². The van der Waals surface area contributed by atoms with E-state index in [-0.39, 0.29) is 36.3 Å². The van der Waals surface area contributed by atoms with Gasteiger partial charge in [0.2, 0.25) is 0 Å². The predicted octanol–water partition coefficient (Wildman–Crippen LogP) is 8.63. The fraction of sp³-hybridized carbons (Fsp3) is 0.327. The Morgan fingerprint density at radius 1 is 0.642 bits per heavy atom. The maximum absolute atomic E-state index is 12.4. The van der Waals surface area contributed by atoms with Gasteiger partial charge in [-0.15, -0.1) is 0 Å². The van der Waals surface area contributed by atoms with Crippen LogP contribution in [-0.4, -0.2) is 60.5 Å². The van der Waals surface area contributed by atoms with Crippen molar-refractivity contribution in [1.29, 1.82) is 0 Å². The number of carbonyl (C=O) groups excluding carboxylic acids is 3. The molecule has 0 atom stereocenters. The highest BCUT2D eigenvalue weighted by Crippen LogP contribution is 2.43. The Kier molecular flexibility index (Phi) is 15.3. The molecule has 0 spiro atoms. The molecule has 0 radical (unpaired) electrons. The van der Waals surface area contributed by atoms with Crippen LogP contribution in [0.3, 0.4) is 0 Å². The molecule has 6 aromatic rings. The molecule has 2 aromatic heterocycles. The zero-order valence-corrected chi connectivity index (χ0v) is 39.7. The molecule has 0 saturated heterocycles. The minimum absolute atomic E-state index is 0.221. The molecule has 1 aliphatic heterocycles. The number of aliphatic hydroxyl groups is 1. The molecule has 15 heteroatoms. The molecular formula is C52H57N3O12. The molecule has 15 nitrogen and oxygen atoms in total. The highest BCUT2D eigenvalue weighted by molar-refractivity contribution is 5.95. The number of hydrogen-bond acceptors (Lipinski definition) is 13. The minimum Gasteiger partial charge on any atom is -0.469 e. The van der Waals surface area contributed by atoms with Crippen LogP contribution in [0.25, 0.3) is 33.3 Å². The second kappa shape index (κ2) is 20.8. The van der Waals surface area contributed by atoms with Gasteiger partial charge in [-0.1, -0.05) is 18.2 Å². The summed E-state index contributed by atoms with van der Waals surface area (Å²) in [6, 6.07) is 15.6. The lowest BCUT2D eigenvalue weighted by molar-refractivity contribution is -0.141. The van der Waals surface area contributed by atoms with Crippen molar-refractivity contribution in [3.05, 3.63) is 150 Å². The molecule has 3 heterocycles. The van der Waals surface area contributed by atoms with E-state index in [9.17, 15) is 29.1 Å². The molecule has 1 aliphatic rings. The van der Waals surface area contributed by atoms with Crippen LogP contribution in [0.15, 0.2) is 91.6 Å². The van der Waals surface area contributed by atoms with Crippen LogP contribution in [0.4, 0.5) is 5.69 Å². The van der Waals surface area contributed by atoms with Crippen LogP contribution >= 0.6 is 0 Å². The van der Waals surface area contributed by atoms with Crippen molar-refractivity contribution in [3.8, 4) is 5.75 Å². The van der Waals surface area contributed by atoms with E-state index >= 15 is 0 Å². The zero-order chi connectivity index (χ0) is 48.9. The number of aryl methyl sites for hydroxylation is 6. The average molecular weight is 916 g/mol. The van der Waals surface area contributed by atoms with Crippen LogP contribution in [0, 0.1) is 27.7 Å². The Morgan fingerprint density at radius 3 is 1.55 bits per heavy atom. The molecule has 4 aromatic carbocycles. The van der Waals surface area contributed by atoms with Gasteiger partial charge in [0.1, 0.15) is 0 Å². The number of oxazole rings is 2. The summed E-state index contributed by atoms with van der Waals surface area (Å²) in [5, 5.41) is 9.82. The van der Waals surface area contributed by atoms with Crippen molar-refractivity contribution >= 4 is 56.9 Å². The lowest BCUT2D eigenvalue weighted by atomic mass is 9.90. The van der Waals surface area contributed by atoms with Crippen LogP contribution in [0.1, 0.15) is 99.0 Å². The number of esters is 3. The number of methoxy groups -OCH3 is 3. The number of unbranched alkanes of at least 4 members (excludes halogenated alkanes) is 2. The molecule has 7 rings (SSSR count). The molecular weight excluding hydrogens is 859 g/mol. The molecule has 67 heavy (non-hydrogen) atoms. The largest absolute Gasteiger partial charge is 0.469 e. The number of carbonyl (C=O) groups is 3. The normalized spacial score (nSPS) is 12.5. The molecule has 0 saturated carbocycles. The number of aliphatic hydroxyl groups excluding tert-OH is 1. The van der Waals surface area contributed by atoms with Crippen LogP contribution < -0.4 is 21.1 Å². The summed E-state index contributed by atoms with van der Waals surface area (Å²) in [5.74, 6) is -0.491. The second-order valence-corrected chi connectivity index (χ2v) is 16.5. The standard InChI is InChI=1S/C26H28N2O5.C26H29NO7/c1-15-11-18(13-21-24(15)32-17(3)27(21)4)20(9-7-8-10-23(29)31-6)19-12-16(2)25-22(14-19)28(5)26(30)33-25;1-15-10-17(12-20(21(15)14-28)25(30)33-5)19(8-6-7-9-23(29)32-4)18-11-16(2)24-22(13-18)27(3)26(31)34-24/h9,11-14H,3,7-8,10H2,1-2,4-6H3;8,10-13,28H,6-7,9,14H2,1-5H3/b20-9-;19-8+. The van der Waals surface area contributed by atoms with E-state index in [1.165, 1.54) is 30.5 Å². The van der Waals surface area contributed by atoms with Gasteiger partial charge in [0.05, 0.1) is 50.2 Å². The number of aromatic nitrogens is 2. The topological polar surface area (TPSA) is 182 Å². The molecule has 1 N–H and O–H groups in total. The maximum Gasteiger partial charge on any atom is 0.419 e. The van der Waals surface area contributed by atoms with Gasteiger partial charge in [-0.05, 0) is 164 Å². The summed E-state index contributed by atoms with van der Waals surface area (Å²) in [4.78, 5) is 61.6. The van der Waals surface area contributed by atoms with Gasteiger partial charge in [0, 0.05) is 34.0 Å². The van der Waals surface area contributed by atoms with Crippen molar-refractivity contribution in [2.75, 3.05) is 33.3 Å². The molecule has 0 fully saturated rings. The Hall–Kier alpha value is -7.39. The Bertz CT molecular complexity index is 3100. The monoisotopic (exact) mass is 915 g/mol. The Balaban J connectivity index is 0.000000221. The van der Waals surface area contributed by atoms with Gasteiger partial charge >= 0.3 is 29.4 Å². The summed E-state index contributed by atoms with van der Waals surface area (Å²) in [5.41, 5.74) is 13.0. The third kappa shape index (κ3) is 10.4. The van der Waals surface area contributed by atoms with Gasteiger partial charge in [-0.3, -0.25) is 18.7 Å². The summed E-state index contributed by atoms with van der Waals surface area (Å²) >= 11 is 0. The summed E-state index contributed by atoms with van der Waals surface area (Å²) in [6.45, 7) is 11.3. The lowest BCUT2D eigenvalue weighted by Gasteiger charge is -2.16. The number of allylic oxidation sites excluding steroid dienone is 2. The van der Waals surface area contributed by atoms with Crippen molar-refractivity contribution in [1.82, 2.24) is 9.13 Å². The van der Waals surface area contributed by atoms with Crippen LogP contribution in [0.5, 0.6) is 5.75 Å². The first kappa shape index (κ1) is 49.1. The number of fused-ring (bicyclic) bond motifs is 3. The van der Waals surface area contributed by atoms with Gasteiger partial charge < -0.3 is 37.8 Å². The highest BCUT2D eigenvalue weighted by atomic mass is 16.5. The first-order valence-corrected chi connectivity index (χ1v) is 21.8. The maximum atomic E-state index is 12.4. The molecule has 352 valence electrons. The fourth-order valence-corrected chi connectivity index (χ4v) is 8.18. The number of hydrogen-bond donors (Lipinski definition) is 1. The minimum atomic E-state index is -0.539. The van der Waals surface area contributed by atoms with E-state index in [2.05, 4.69) is 24.8 Å². The summed E-state index contributed by atoms with van der Waals surface area (Å²) in [6.07, 6.45) is 7.30. The number of benzene rings is 4. The van der Waals surface area contributed by atoms with E-state index in [4.69, 9.17) is 27.8 Å². The average Bonchev–Trinajstić information content (AvgIpc) is 3.89. The fourth-order valence-electron chi connectivity index (χ4n) is 8.18. The van der Waals surface area contributed by atoms with Crippen LogP contribution in [0.2, 0.25) is 0 Å².